The van der Waals surface area contributed by atoms with E-state index in [2.05, 4.69) is 15.4 Å². The zero-order chi connectivity index (χ0) is 13.2. The predicted molar refractivity (Wildman–Crippen MR) is 76.5 cm³/mol. The second-order valence-corrected chi connectivity index (χ2v) is 4.71. The molecule has 0 aliphatic rings. The molecule has 0 atom stereocenters. The van der Waals surface area contributed by atoms with Gasteiger partial charge in [0.1, 0.15) is 0 Å². The molecule has 96 valence electrons. The number of aromatic nitrogens is 3. The molecule has 4 nitrogen and oxygen atoms in total. The molecule has 0 bridgehead atoms. The highest BCUT2D eigenvalue weighted by molar-refractivity contribution is 6.32. The first kappa shape index (κ1) is 12.0. The van der Waals surface area contributed by atoms with Crippen molar-refractivity contribution in [2.45, 2.75) is 13.5 Å². The van der Waals surface area contributed by atoms with E-state index in [1.807, 2.05) is 48.1 Å². The molecule has 3 aromatic rings. The molecule has 0 unspecified atom stereocenters. The van der Waals surface area contributed by atoms with Crippen LogP contribution in [-0.4, -0.2) is 14.6 Å². The molecule has 0 spiro atoms. The SMILES string of the molecule is Cc1ccnc(Cl)c1NCc1cnn2ccccc12. The first-order valence-corrected chi connectivity index (χ1v) is 6.40. The maximum atomic E-state index is 6.09. The van der Waals surface area contributed by atoms with Crippen LogP contribution in [0.1, 0.15) is 11.1 Å². The molecule has 0 fully saturated rings. The third-order valence-electron chi connectivity index (χ3n) is 3.07. The van der Waals surface area contributed by atoms with Gasteiger partial charge in [-0.25, -0.2) is 9.50 Å². The number of aryl methyl sites for hydroxylation is 1. The minimum atomic E-state index is 0.497. The van der Waals surface area contributed by atoms with Crippen LogP contribution in [0.4, 0.5) is 5.69 Å². The lowest BCUT2D eigenvalue weighted by Gasteiger charge is -2.09. The Morgan fingerprint density at radius 3 is 3.05 bits per heavy atom. The van der Waals surface area contributed by atoms with E-state index < -0.39 is 0 Å². The van der Waals surface area contributed by atoms with E-state index >= 15 is 0 Å². The van der Waals surface area contributed by atoms with Gasteiger partial charge in [0.05, 0.1) is 17.4 Å². The number of hydrogen-bond acceptors (Lipinski definition) is 3. The summed E-state index contributed by atoms with van der Waals surface area (Å²) in [4.78, 5) is 4.08. The van der Waals surface area contributed by atoms with Gasteiger partial charge in [-0.3, -0.25) is 0 Å². The van der Waals surface area contributed by atoms with E-state index in [4.69, 9.17) is 11.6 Å². The molecule has 0 aliphatic carbocycles. The van der Waals surface area contributed by atoms with E-state index in [0.717, 1.165) is 22.3 Å². The topological polar surface area (TPSA) is 42.2 Å². The quantitative estimate of drug-likeness (QED) is 0.744. The van der Waals surface area contributed by atoms with E-state index in [1.165, 1.54) is 0 Å². The van der Waals surface area contributed by atoms with Crippen molar-refractivity contribution >= 4 is 22.8 Å². The molecule has 0 amide bonds. The molecular weight excluding hydrogens is 260 g/mol. The normalized spacial score (nSPS) is 10.8. The van der Waals surface area contributed by atoms with Crippen molar-refractivity contribution in [2.75, 3.05) is 5.32 Å². The number of pyridine rings is 2. The molecule has 3 aromatic heterocycles. The summed E-state index contributed by atoms with van der Waals surface area (Å²) in [6, 6.07) is 7.94. The Bertz CT molecular complexity index is 700. The van der Waals surface area contributed by atoms with Crippen LogP contribution < -0.4 is 5.32 Å². The van der Waals surface area contributed by atoms with Crippen LogP contribution in [-0.2, 0) is 6.54 Å². The van der Waals surface area contributed by atoms with Gasteiger partial charge < -0.3 is 5.32 Å². The average Bonchev–Trinajstić information content (AvgIpc) is 2.82. The molecule has 3 heterocycles. The van der Waals surface area contributed by atoms with Gasteiger partial charge >= 0.3 is 0 Å². The minimum Gasteiger partial charge on any atom is -0.378 e. The fraction of sp³-hybridized carbons (Fsp3) is 0.143. The average molecular weight is 273 g/mol. The number of fused-ring (bicyclic) bond motifs is 1. The van der Waals surface area contributed by atoms with Crippen molar-refractivity contribution in [3.8, 4) is 0 Å². The third kappa shape index (κ3) is 2.27. The van der Waals surface area contributed by atoms with Crippen molar-refractivity contribution in [3.05, 3.63) is 59.1 Å². The Morgan fingerprint density at radius 1 is 1.32 bits per heavy atom. The lowest BCUT2D eigenvalue weighted by Crippen LogP contribution is -2.02. The maximum absolute atomic E-state index is 6.09. The van der Waals surface area contributed by atoms with Crippen molar-refractivity contribution in [1.82, 2.24) is 14.6 Å². The summed E-state index contributed by atoms with van der Waals surface area (Å²) in [5.41, 5.74) is 4.17. The Hall–Kier alpha value is -2.07. The number of rotatable bonds is 3. The molecular formula is C14H13ClN4. The van der Waals surface area contributed by atoms with Crippen molar-refractivity contribution in [2.24, 2.45) is 0 Å². The monoisotopic (exact) mass is 272 g/mol. The summed E-state index contributed by atoms with van der Waals surface area (Å²) in [6.45, 7) is 2.67. The highest BCUT2D eigenvalue weighted by Crippen LogP contribution is 2.23. The Kier molecular flexibility index (Phi) is 3.09. The number of anilines is 1. The van der Waals surface area contributed by atoms with E-state index in [0.29, 0.717) is 11.7 Å². The summed E-state index contributed by atoms with van der Waals surface area (Å²) < 4.78 is 1.86. The van der Waals surface area contributed by atoms with Crippen molar-refractivity contribution in [1.29, 1.82) is 0 Å². The summed E-state index contributed by atoms with van der Waals surface area (Å²) in [5, 5.41) is 8.13. The van der Waals surface area contributed by atoms with Crippen LogP contribution in [0, 0.1) is 6.92 Å². The molecule has 0 saturated carbocycles. The second kappa shape index (κ2) is 4.90. The standard InChI is InChI=1S/C14H13ClN4/c1-10-5-6-16-14(15)13(10)17-8-11-9-18-19-7-3-2-4-12(11)19/h2-7,9,17H,8H2,1H3. The van der Waals surface area contributed by atoms with Crippen molar-refractivity contribution in [3.63, 3.8) is 0 Å². The summed E-state index contributed by atoms with van der Waals surface area (Å²) in [6.07, 6.45) is 5.50. The van der Waals surface area contributed by atoms with Gasteiger partial charge in [-0.1, -0.05) is 17.7 Å². The predicted octanol–water partition coefficient (Wildman–Crippen LogP) is 3.30. The van der Waals surface area contributed by atoms with Crippen LogP contribution in [0.3, 0.4) is 0 Å². The summed E-state index contributed by atoms with van der Waals surface area (Å²) in [7, 11) is 0. The fourth-order valence-corrected chi connectivity index (χ4v) is 2.32. The number of hydrogen-bond donors (Lipinski definition) is 1. The second-order valence-electron chi connectivity index (χ2n) is 4.35. The molecule has 19 heavy (non-hydrogen) atoms. The smallest absolute Gasteiger partial charge is 0.152 e. The highest BCUT2D eigenvalue weighted by atomic mass is 35.5. The molecule has 0 radical (unpaired) electrons. The van der Waals surface area contributed by atoms with Gasteiger partial charge in [0.15, 0.2) is 5.15 Å². The maximum Gasteiger partial charge on any atom is 0.152 e. The van der Waals surface area contributed by atoms with E-state index in [9.17, 15) is 0 Å². The van der Waals surface area contributed by atoms with Gasteiger partial charge in [-0.05, 0) is 30.7 Å². The molecule has 0 aromatic carbocycles. The van der Waals surface area contributed by atoms with Gasteiger partial charge in [0, 0.05) is 24.5 Å². The van der Waals surface area contributed by atoms with E-state index in [-0.39, 0.29) is 0 Å². The summed E-state index contributed by atoms with van der Waals surface area (Å²) in [5.74, 6) is 0. The van der Waals surface area contributed by atoms with Gasteiger partial charge in [0.2, 0.25) is 0 Å². The molecule has 1 N–H and O–H groups in total. The van der Waals surface area contributed by atoms with Crippen molar-refractivity contribution < 1.29 is 0 Å². The first-order valence-electron chi connectivity index (χ1n) is 6.02. The van der Waals surface area contributed by atoms with Gasteiger partial charge in [0.25, 0.3) is 0 Å². The zero-order valence-corrected chi connectivity index (χ0v) is 11.2. The third-order valence-corrected chi connectivity index (χ3v) is 3.36. The Balaban J connectivity index is 1.87. The van der Waals surface area contributed by atoms with E-state index in [1.54, 1.807) is 6.20 Å². The minimum absolute atomic E-state index is 0.497. The van der Waals surface area contributed by atoms with Gasteiger partial charge in [-0.15, -0.1) is 0 Å². The fourth-order valence-electron chi connectivity index (χ4n) is 2.04. The van der Waals surface area contributed by atoms with Crippen LogP contribution >= 0.6 is 11.6 Å². The zero-order valence-electron chi connectivity index (χ0n) is 10.5. The number of halogens is 1. The first-order chi connectivity index (χ1) is 9.25. The summed E-state index contributed by atoms with van der Waals surface area (Å²) >= 11 is 6.09. The van der Waals surface area contributed by atoms with Crippen LogP contribution in [0.15, 0.2) is 42.9 Å². The molecule has 5 heteroatoms. The van der Waals surface area contributed by atoms with Crippen LogP contribution in [0.25, 0.3) is 5.52 Å². The number of nitrogens with zero attached hydrogens (tertiary/aromatic N) is 3. The van der Waals surface area contributed by atoms with Crippen LogP contribution in [0.2, 0.25) is 5.15 Å². The molecule has 3 rings (SSSR count). The largest absolute Gasteiger partial charge is 0.378 e. The highest BCUT2D eigenvalue weighted by Gasteiger charge is 2.07. The Morgan fingerprint density at radius 2 is 2.21 bits per heavy atom. The Labute approximate surface area is 116 Å². The van der Waals surface area contributed by atoms with Crippen LogP contribution in [0.5, 0.6) is 0 Å². The molecule has 0 aliphatic heterocycles. The van der Waals surface area contributed by atoms with Gasteiger partial charge in [-0.2, -0.15) is 5.10 Å². The lowest BCUT2D eigenvalue weighted by molar-refractivity contribution is 0.961. The molecule has 0 saturated heterocycles. The lowest BCUT2D eigenvalue weighted by atomic mass is 10.2. The number of nitrogens with one attached hydrogen (secondary N) is 1.